The fraction of sp³-hybridized carbons (Fsp3) is 0.588. The summed E-state index contributed by atoms with van der Waals surface area (Å²) in [6.45, 7) is 5.38. The van der Waals surface area contributed by atoms with Gasteiger partial charge < -0.3 is 9.64 Å². The second-order valence-corrected chi connectivity index (χ2v) is 6.69. The molecule has 0 radical (unpaired) electrons. The summed E-state index contributed by atoms with van der Waals surface area (Å²) in [5.41, 5.74) is 7.68. The van der Waals surface area contributed by atoms with E-state index >= 15 is 0 Å². The molecular formula is C17H24N4O2. The lowest BCUT2D eigenvalue weighted by atomic mass is 9.94. The molecule has 0 bridgehead atoms. The molecule has 2 fully saturated rings. The highest BCUT2D eigenvalue weighted by Crippen LogP contribution is 2.23. The van der Waals surface area contributed by atoms with Gasteiger partial charge in [0.1, 0.15) is 12.4 Å². The minimum absolute atomic E-state index is 0.245. The van der Waals surface area contributed by atoms with Crippen molar-refractivity contribution in [2.45, 2.75) is 19.0 Å². The number of para-hydroxylation sites is 1. The maximum atomic E-state index is 12.7. The first-order valence-electron chi connectivity index (χ1n) is 8.49. The predicted molar refractivity (Wildman–Crippen MR) is 86.8 cm³/mol. The molecule has 124 valence electrons. The maximum absolute atomic E-state index is 12.7. The molecule has 1 aromatic carbocycles. The van der Waals surface area contributed by atoms with Crippen LogP contribution in [0.2, 0.25) is 0 Å². The van der Waals surface area contributed by atoms with E-state index in [1.54, 1.807) is 0 Å². The van der Waals surface area contributed by atoms with E-state index in [9.17, 15) is 4.79 Å². The zero-order valence-electron chi connectivity index (χ0n) is 13.3. The molecule has 3 aliphatic heterocycles. The standard InChI is InChI=1S/C17H24N4O2/c22-17(21-6-5-15-14(11-21)9-18-19-15)12-20-7-8-23-16-4-2-1-3-13(16)10-20/h1-4,14-15,18-19H,5-12H2. The quantitative estimate of drug-likeness (QED) is 0.817. The fourth-order valence-corrected chi connectivity index (χ4v) is 3.78. The van der Waals surface area contributed by atoms with Gasteiger partial charge in [0.25, 0.3) is 0 Å². The third-order valence-electron chi connectivity index (χ3n) is 5.13. The molecule has 0 saturated carbocycles. The van der Waals surface area contributed by atoms with Crippen LogP contribution in [-0.2, 0) is 11.3 Å². The summed E-state index contributed by atoms with van der Waals surface area (Å²) in [6, 6.07) is 8.63. The molecule has 2 atom stereocenters. The number of amides is 1. The predicted octanol–water partition coefficient (Wildman–Crippen LogP) is 0.206. The van der Waals surface area contributed by atoms with E-state index in [2.05, 4.69) is 21.8 Å². The average Bonchev–Trinajstić information content (AvgIpc) is 2.94. The molecule has 4 rings (SSSR count). The first-order chi connectivity index (χ1) is 11.3. The first kappa shape index (κ1) is 14.9. The number of hydrogen-bond donors (Lipinski definition) is 2. The van der Waals surface area contributed by atoms with Crippen molar-refractivity contribution < 1.29 is 9.53 Å². The third-order valence-corrected chi connectivity index (χ3v) is 5.13. The van der Waals surface area contributed by atoms with Crippen molar-refractivity contribution in [3.63, 3.8) is 0 Å². The van der Waals surface area contributed by atoms with Gasteiger partial charge in [0.05, 0.1) is 6.54 Å². The van der Waals surface area contributed by atoms with Gasteiger partial charge >= 0.3 is 0 Å². The third kappa shape index (κ3) is 3.20. The summed E-state index contributed by atoms with van der Waals surface area (Å²) >= 11 is 0. The SMILES string of the molecule is O=C(CN1CCOc2ccccc2C1)N1CCC2NNCC2C1. The van der Waals surface area contributed by atoms with Crippen molar-refractivity contribution in [2.24, 2.45) is 5.92 Å². The van der Waals surface area contributed by atoms with Crippen molar-refractivity contribution in [1.82, 2.24) is 20.7 Å². The molecule has 1 amide bonds. The fourth-order valence-electron chi connectivity index (χ4n) is 3.78. The Morgan fingerprint density at radius 3 is 3.17 bits per heavy atom. The van der Waals surface area contributed by atoms with Crippen LogP contribution in [0.25, 0.3) is 0 Å². The van der Waals surface area contributed by atoms with Crippen molar-refractivity contribution in [3.05, 3.63) is 29.8 Å². The topological polar surface area (TPSA) is 56.8 Å². The van der Waals surface area contributed by atoms with Gasteiger partial charge in [-0.1, -0.05) is 18.2 Å². The lowest BCUT2D eigenvalue weighted by Crippen LogP contribution is -2.50. The molecule has 2 saturated heterocycles. The van der Waals surface area contributed by atoms with Crippen molar-refractivity contribution in [3.8, 4) is 5.75 Å². The number of piperidine rings is 1. The maximum Gasteiger partial charge on any atom is 0.236 e. The number of nitrogens with one attached hydrogen (secondary N) is 2. The van der Waals surface area contributed by atoms with Gasteiger partial charge in [-0.3, -0.25) is 20.5 Å². The molecule has 3 heterocycles. The number of benzene rings is 1. The van der Waals surface area contributed by atoms with Gasteiger partial charge in [-0.25, -0.2) is 0 Å². The molecule has 0 aliphatic carbocycles. The Hall–Kier alpha value is -1.63. The number of nitrogens with zero attached hydrogens (tertiary/aromatic N) is 2. The van der Waals surface area contributed by atoms with Crippen LogP contribution >= 0.6 is 0 Å². The number of hydrogen-bond acceptors (Lipinski definition) is 5. The van der Waals surface area contributed by atoms with Crippen LogP contribution in [0.5, 0.6) is 5.75 Å². The summed E-state index contributed by atoms with van der Waals surface area (Å²) in [5, 5.41) is 0. The lowest BCUT2D eigenvalue weighted by molar-refractivity contribution is -0.134. The molecule has 23 heavy (non-hydrogen) atoms. The number of likely N-dealkylation sites (tertiary alicyclic amines) is 1. The van der Waals surface area contributed by atoms with Gasteiger partial charge in [0, 0.05) is 50.2 Å². The largest absolute Gasteiger partial charge is 0.492 e. The van der Waals surface area contributed by atoms with Gasteiger partial charge in [-0.2, -0.15) is 0 Å². The average molecular weight is 316 g/mol. The van der Waals surface area contributed by atoms with Gasteiger partial charge in [0.15, 0.2) is 0 Å². The highest BCUT2D eigenvalue weighted by atomic mass is 16.5. The van der Waals surface area contributed by atoms with Gasteiger partial charge in [-0.05, 0) is 12.5 Å². The van der Waals surface area contributed by atoms with Crippen LogP contribution in [0.4, 0.5) is 0 Å². The summed E-state index contributed by atoms with van der Waals surface area (Å²) in [7, 11) is 0. The molecule has 0 aromatic heterocycles. The second kappa shape index (κ2) is 6.47. The molecule has 6 nitrogen and oxygen atoms in total. The minimum atomic E-state index is 0.245. The monoisotopic (exact) mass is 316 g/mol. The summed E-state index contributed by atoms with van der Waals surface area (Å²) in [5.74, 6) is 1.74. The summed E-state index contributed by atoms with van der Waals surface area (Å²) in [6.07, 6.45) is 1.04. The summed E-state index contributed by atoms with van der Waals surface area (Å²) in [4.78, 5) is 16.9. The van der Waals surface area contributed by atoms with E-state index in [4.69, 9.17) is 4.74 Å². The van der Waals surface area contributed by atoms with Gasteiger partial charge in [-0.15, -0.1) is 0 Å². The Labute approximate surface area is 136 Å². The number of carbonyl (C=O) groups is 1. The highest BCUT2D eigenvalue weighted by Gasteiger charge is 2.34. The Kier molecular flexibility index (Phi) is 4.20. The molecule has 2 unspecified atom stereocenters. The van der Waals surface area contributed by atoms with Crippen LogP contribution in [0.15, 0.2) is 24.3 Å². The van der Waals surface area contributed by atoms with Crippen LogP contribution < -0.4 is 15.6 Å². The highest BCUT2D eigenvalue weighted by molar-refractivity contribution is 5.78. The second-order valence-electron chi connectivity index (χ2n) is 6.69. The smallest absolute Gasteiger partial charge is 0.236 e. The number of hydrazine groups is 1. The Morgan fingerprint density at radius 1 is 1.30 bits per heavy atom. The number of carbonyl (C=O) groups excluding carboxylic acids is 1. The summed E-state index contributed by atoms with van der Waals surface area (Å²) < 4.78 is 5.78. The lowest BCUT2D eigenvalue weighted by Gasteiger charge is -2.35. The molecule has 3 aliphatic rings. The Balaban J connectivity index is 1.37. The van der Waals surface area contributed by atoms with Crippen LogP contribution in [0.1, 0.15) is 12.0 Å². The van der Waals surface area contributed by atoms with Crippen LogP contribution in [0.3, 0.4) is 0 Å². The van der Waals surface area contributed by atoms with E-state index in [1.807, 2.05) is 23.1 Å². The molecule has 1 aromatic rings. The number of fused-ring (bicyclic) bond motifs is 2. The molecule has 0 spiro atoms. The van der Waals surface area contributed by atoms with Crippen LogP contribution in [0, 0.1) is 5.92 Å². The van der Waals surface area contributed by atoms with E-state index in [-0.39, 0.29) is 5.91 Å². The van der Waals surface area contributed by atoms with Crippen molar-refractivity contribution >= 4 is 5.91 Å². The first-order valence-corrected chi connectivity index (χ1v) is 8.49. The van der Waals surface area contributed by atoms with E-state index in [0.717, 1.165) is 44.9 Å². The zero-order valence-corrected chi connectivity index (χ0v) is 13.3. The Bertz CT molecular complexity index is 579. The minimum Gasteiger partial charge on any atom is -0.492 e. The molecule has 2 N–H and O–H groups in total. The Morgan fingerprint density at radius 2 is 2.22 bits per heavy atom. The van der Waals surface area contributed by atoms with E-state index < -0.39 is 0 Å². The van der Waals surface area contributed by atoms with Crippen molar-refractivity contribution in [1.29, 1.82) is 0 Å². The van der Waals surface area contributed by atoms with Gasteiger partial charge in [0.2, 0.25) is 5.91 Å². The zero-order chi connectivity index (χ0) is 15.6. The number of rotatable bonds is 2. The van der Waals surface area contributed by atoms with E-state index in [0.29, 0.717) is 25.1 Å². The number of ether oxygens (including phenoxy) is 1. The molecule has 6 heteroatoms. The van der Waals surface area contributed by atoms with E-state index in [1.165, 1.54) is 5.56 Å². The molecular weight excluding hydrogens is 292 g/mol. The van der Waals surface area contributed by atoms with Crippen molar-refractivity contribution in [2.75, 3.05) is 39.3 Å². The van der Waals surface area contributed by atoms with Crippen LogP contribution in [-0.4, -0.2) is 61.1 Å². The normalized spacial score (nSPS) is 27.7.